The molecule has 1 fully saturated rings. The maximum atomic E-state index is 3.69. The Morgan fingerprint density at radius 2 is 1.79 bits per heavy atom. The number of nitrogens with one attached hydrogen (secondary N) is 1. The largest absolute Gasteiger partial charge is 0.314 e. The summed E-state index contributed by atoms with van der Waals surface area (Å²) in [5.74, 6) is 0.848. The van der Waals surface area contributed by atoms with Crippen LogP contribution < -0.4 is 5.32 Å². The Morgan fingerprint density at radius 3 is 2.21 bits per heavy atom. The van der Waals surface area contributed by atoms with Crippen LogP contribution in [0.1, 0.15) is 59.8 Å². The van der Waals surface area contributed by atoms with Gasteiger partial charge in [-0.3, -0.25) is 0 Å². The van der Waals surface area contributed by atoms with Gasteiger partial charge in [0.2, 0.25) is 0 Å². The molecule has 0 aromatic carbocycles. The normalized spacial score (nSPS) is 21.2. The third-order valence-corrected chi connectivity index (χ3v) is 3.71. The second-order valence-electron chi connectivity index (χ2n) is 5.61. The smallest absolute Gasteiger partial charge is 0.00390 e. The number of rotatable bonds is 7. The zero-order chi connectivity index (χ0) is 10.6. The van der Waals surface area contributed by atoms with Crippen molar-refractivity contribution in [3.8, 4) is 0 Å². The standard InChI is InChI=1S/C13H27N/c1-5-13(8-9-13)10-14-12(4)7-6-11(2)3/h11-12,14H,5-10H2,1-4H3. The van der Waals surface area contributed by atoms with Crippen molar-refractivity contribution in [3.05, 3.63) is 0 Å². The van der Waals surface area contributed by atoms with Crippen molar-refractivity contribution in [2.75, 3.05) is 6.54 Å². The molecule has 1 aliphatic carbocycles. The fourth-order valence-electron chi connectivity index (χ4n) is 1.91. The molecule has 0 amide bonds. The van der Waals surface area contributed by atoms with Gasteiger partial charge in [0, 0.05) is 12.6 Å². The Morgan fingerprint density at radius 1 is 1.14 bits per heavy atom. The molecule has 0 heterocycles. The van der Waals surface area contributed by atoms with Gasteiger partial charge in [-0.1, -0.05) is 20.8 Å². The molecule has 1 aliphatic rings. The van der Waals surface area contributed by atoms with Crippen LogP contribution in [0.2, 0.25) is 0 Å². The molecular weight excluding hydrogens is 170 g/mol. The predicted molar refractivity (Wildman–Crippen MR) is 63.5 cm³/mol. The zero-order valence-corrected chi connectivity index (χ0v) is 10.4. The molecule has 0 radical (unpaired) electrons. The van der Waals surface area contributed by atoms with Crippen LogP contribution in [0.25, 0.3) is 0 Å². The Bertz CT molecular complexity index is 159. The molecule has 0 aliphatic heterocycles. The van der Waals surface area contributed by atoms with Gasteiger partial charge < -0.3 is 5.32 Å². The average Bonchev–Trinajstić information content (AvgIpc) is 2.92. The lowest BCUT2D eigenvalue weighted by molar-refractivity contribution is 0.383. The first kappa shape index (κ1) is 12.0. The van der Waals surface area contributed by atoms with Gasteiger partial charge in [-0.15, -0.1) is 0 Å². The summed E-state index contributed by atoms with van der Waals surface area (Å²) in [5.41, 5.74) is 0.700. The topological polar surface area (TPSA) is 12.0 Å². The lowest BCUT2D eigenvalue weighted by Crippen LogP contribution is -2.32. The highest BCUT2D eigenvalue weighted by Crippen LogP contribution is 2.47. The summed E-state index contributed by atoms with van der Waals surface area (Å²) in [6.07, 6.45) is 6.95. The van der Waals surface area contributed by atoms with E-state index in [1.165, 1.54) is 38.6 Å². The third kappa shape index (κ3) is 4.00. The Balaban J connectivity index is 2.06. The van der Waals surface area contributed by atoms with Gasteiger partial charge in [0.15, 0.2) is 0 Å². The molecule has 0 spiro atoms. The fraction of sp³-hybridized carbons (Fsp3) is 1.00. The van der Waals surface area contributed by atoms with Crippen molar-refractivity contribution in [1.82, 2.24) is 5.32 Å². The van der Waals surface area contributed by atoms with E-state index in [9.17, 15) is 0 Å². The van der Waals surface area contributed by atoms with Gasteiger partial charge in [-0.05, 0) is 50.4 Å². The van der Waals surface area contributed by atoms with E-state index >= 15 is 0 Å². The van der Waals surface area contributed by atoms with Crippen LogP contribution >= 0.6 is 0 Å². The minimum absolute atomic E-state index is 0.700. The number of hydrogen-bond acceptors (Lipinski definition) is 1. The average molecular weight is 197 g/mol. The highest BCUT2D eigenvalue weighted by atomic mass is 14.9. The molecule has 1 saturated carbocycles. The monoisotopic (exact) mass is 197 g/mol. The molecule has 0 bridgehead atoms. The van der Waals surface area contributed by atoms with Crippen LogP contribution in [0.5, 0.6) is 0 Å². The van der Waals surface area contributed by atoms with E-state index in [1.807, 2.05) is 0 Å². The van der Waals surface area contributed by atoms with Gasteiger partial charge in [-0.2, -0.15) is 0 Å². The summed E-state index contributed by atoms with van der Waals surface area (Å²) in [6.45, 7) is 10.5. The summed E-state index contributed by atoms with van der Waals surface area (Å²) in [4.78, 5) is 0. The predicted octanol–water partition coefficient (Wildman–Crippen LogP) is 3.59. The molecule has 0 saturated heterocycles. The summed E-state index contributed by atoms with van der Waals surface area (Å²) in [6, 6.07) is 0.710. The van der Waals surface area contributed by atoms with Crippen LogP contribution in [-0.4, -0.2) is 12.6 Å². The summed E-state index contributed by atoms with van der Waals surface area (Å²) in [5, 5.41) is 3.69. The third-order valence-electron chi connectivity index (χ3n) is 3.71. The molecule has 1 heteroatoms. The summed E-state index contributed by atoms with van der Waals surface area (Å²) < 4.78 is 0. The fourth-order valence-corrected chi connectivity index (χ4v) is 1.91. The minimum atomic E-state index is 0.700. The maximum absolute atomic E-state index is 3.69. The SMILES string of the molecule is CCC1(CNC(C)CCC(C)C)CC1. The van der Waals surface area contributed by atoms with E-state index in [1.54, 1.807) is 0 Å². The van der Waals surface area contributed by atoms with E-state index in [4.69, 9.17) is 0 Å². The molecule has 14 heavy (non-hydrogen) atoms. The highest BCUT2D eigenvalue weighted by molar-refractivity contribution is 4.93. The van der Waals surface area contributed by atoms with Crippen LogP contribution in [0.3, 0.4) is 0 Å². The molecular formula is C13H27N. The van der Waals surface area contributed by atoms with Gasteiger partial charge >= 0.3 is 0 Å². The van der Waals surface area contributed by atoms with Crippen molar-refractivity contribution in [3.63, 3.8) is 0 Å². The van der Waals surface area contributed by atoms with Crippen LogP contribution in [0.15, 0.2) is 0 Å². The quantitative estimate of drug-likeness (QED) is 0.657. The Kier molecular flexibility index (Phi) is 4.43. The van der Waals surface area contributed by atoms with Gasteiger partial charge in [0.05, 0.1) is 0 Å². The van der Waals surface area contributed by atoms with E-state index in [-0.39, 0.29) is 0 Å². The molecule has 0 aromatic heterocycles. The second-order valence-corrected chi connectivity index (χ2v) is 5.61. The van der Waals surface area contributed by atoms with Crippen molar-refractivity contribution in [1.29, 1.82) is 0 Å². The van der Waals surface area contributed by atoms with E-state index < -0.39 is 0 Å². The first-order valence-corrected chi connectivity index (χ1v) is 6.31. The maximum Gasteiger partial charge on any atom is 0.00390 e. The second kappa shape index (κ2) is 5.16. The molecule has 1 rings (SSSR count). The van der Waals surface area contributed by atoms with Crippen molar-refractivity contribution >= 4 is 0 Å². The van der Waals surface area contributed by atoms with Crippen LogP contribution in [0.4, 0.5) is 0 Å². The van der Waals surface area contributed by atoms with Crippen LogP contribution in [-0.2, 0) is 0 Å². The van der Waals surface area contributed by atoms with Crippen molar-refractivity contribution < 1.29 is 0 Å². The molecule has 84 valence electrons. The minimum Gasteiger partial charge on any atom is -0.314 e. The van der Waals surface area contributed by atoms with E-state index in [0.29, 0.717) is 11.5 Å². The molecule has 1 nitrogen and oxygen atoms in total. The summed E-state index contributed by atoms with van der Waals surface area (Å²) >= 11 is 0. The zero-order valence-electron chi connectivity index (χ0n) is 10.4. The first-order chi connectivity index (χ1) is 6.58. The Hall–Kier alpha value is -0.0400. The van der Waals surface area contributed by atoms with Gasteiger partial charge in [0.1, 0.15) is 0 Å². The van der Waals surface area contributed by atoms with Gasteiger partial charge in [0.25, 0.3) is 0 Å². The molecule has 1 atom stereocenters. The highest BCUT2D eigenvalue weighted by Gasteiger charge is 2.40. The van der Waals surface area contributed by atoms with Gasteiger partial charge in [-0.25, -0.2) is 0 Å². The lowest BCUT2D eigenvalue weighted by atomic mass is 10.0. The molecule has 0 aromatic rings. The van der Waals surface area contributed by atoms with Crippen molar-refractivity contribution in [2.24, 2.45) is 11.3 Å². The van der Waals surface area contributed by atoms with E-state index in [2.05, 4.69) is 33.0 Å². The Labute approximate surface area is 89.7 Å². The number of hydrogen-bond donors (Lipinski definition) is 1. The molecule has 1 unspecified atom stereocenters. The summed E-state index contributed by atoms with van der Waals surface area (Å²) in [7, 11) is 0. The van der Waals surface area contributed by atoms with Crippen molar-refractivity contribution in [2.45, 2.75) is 65.8 Å². The molecule has 1 N–H and O–H groups in total. The van der Waals surface area contributed by atoms with Crippen LogP contribution in [0, 0.1) is 11.3 Å². The first-order valence-electron chi connectivity index (χ1n) is 6.31. The lowest BCUT2D eigenvalue weighted by Gasteiger charge is -2.19. The van der Waals surface area contributed by atoms with E-state index in [0.717, 1.165) is 5.92 Å².